The molecule has 0 amide bonds. The average Bonchev–Trinajstić information content (AvgIpc) is 2.56. The molecule has 0 aliphatic heterocycles. The third kappa shape index (κ3) is 1.80. The summed E-state index contributed by atoms with van der Waals surface area (Å²) >= 11 is 15.3. The van der Waals surface area contributed by atoms with E-state index in [9.17, 15) is 0 Å². The molecule has 1 heterocycles. The molecule has 0 atom stereocenters. The number of nitrogens with zero attached hydrogens (tertiary/aromatic N) is 1. The summed E-state index contributed by atoms with van der Waals surface area (Å²) in [5.74, 6) is 0. The predicted molar refractivity (Wildman–Crippen MR) is 61.7 cm³/mol. The third-order valence-electron chi connectivity index (χ3n) is 1.79. The van der Waals surface area contributed by atoms with E-state index in [0.717, 1.165) is 15.7 Å². The first-order valence-corrected chi connectivity index (χ1v) is 5.37. The molecule has 0 aliphatic rings. The smallest absolute Gasteiger partial charge is 0.0807 e. The van der Waals surface area contributed by atoms with Crippen LogP contribution < -0.4 is 0 Å². The van der Waals surface area contributed by atoms with E-state index in [1.54, 1.807) is 24.4 Å². The van der Waals surface area contributed by atoms with E-state index in [1.807, 2.05) is 0 Å². The van der Waals surface area contributed by atoms with Crippen LogP contribution in [-0.4, -0.2) is 10.2 Å². The van der Waals surface area contributed by atoms with E-state index < -0.39 is 0 Å². The minimum atomic E-state index is 0.638. The van der Waals surface area contributed by atoms with Gasteiger partial charge in [0.2, 0.25) is 0 Å². The molecular weight excluding hydrogens is 287 g/mol. The lowest BCUT2D eigenvalue weighted by Crippen LogP contribution is -1.81. The average molecular weight is 292 g/mol. The van der Waals surface area contributed by atoms with E-state index >= 15 is 0 Å². The molecule has 2 rings (SSSR count). The van der Waals surface area contributed by atoms with Crippen molar-refractivity contribution < 1.29 is 0 Å². The van der Waals surface area contributed by atoms with Crippen molar-refractivity contribution in [3.05, 3.63) is 38.9 Å². The normalized spacial score (nSPS) is 10.5. The van der Waals surface area contributed by atoms with Crippen LogP contribution >= 0.6 is 39.1 Å². The Morgan fingerprint density at radius 3 is 2.71 bits per heavy atom. The van der Waals surface area contributed by atoms with Crippen LogP contribution in [0.5, 0.6) is 0 Å². The fourth-order valence-corrected chi connectivity index (χ4v) is 1.94. The van der Waals surface area contributed by atoms with Crippen LogP contribution in [-0.2, 0) is 0 Å². The van der Waals surface area contributed by atoms with Crippen molar-refractivity contribution in [2.24, 2.45) is 0 Å². The van der Waals surface area contributed by atoms with Gasteiger partial charge in [-0.25, -0.2) is 0 Å². The highest BCUT2D eigenvalue weighted by atomic mass is 79.9. The molecule has 14 heavy (non-hydrogen) atoms. The van der Waals surface area contributed by atoms with Crippen molar-refractivity contribution in [3.8, 4) is 11.3 Å². The van der Waals surface area contributed by atoms with Crippen molar-refractivity contribution in [3.63, 3.8) is 0 Å². The highest BCUT2D eigenvalue weighted by Gasteiger charge is 2.09. The number of aromatic nitrogens is 2. The zero-order valence-corrected chi connectivity index (χ0v) is 9.99. The van der Waals surface area contributed by atoms with E-state index in [4.69, 9.17) is 23.2 Å². The van der Waals surface area contributed by atoms with Crippen LogP contribution in [0.4, 0.5) is 0 Å². The fourth-order valence-electron chi connectivity index (χ4n) is 1.15. The van der Waals surface area contributed by atoms with Crippen LogP contribution in [0.25, 0.3) is 11.3 Å². The molecule has 0 fully saturated rings. The maximum Gasteiger partial charge on any atom is 0.0807 e. The minimum absolute atomic E-state index is 0.638. The second kappa shape index (κ2) is 3.93. The Kier molecular flexibility index (Phi) is 2.81. The number of rotatable bonds is 1. The van der Waals surface area contributed by atoms with Gasteiger partial charge in [-0.3, -0.25) is 5.10 Å². The van der Waals surface area contributed by atoms with Gasteiger partial charge in [0, 0.05) is 10.6 Å². The van der Waals surface area contributed by atoms with Gasteiger partial charge >= 0.3 is 0 Å². The second-order valence-corrected chi connectivity index (χ2v) is 4.42. The molecule has 0 aliphatic carbocycles. The number of aromatic amines is 1. The Balaban J connectivity index is 2.62. The number of H-pyrrole nitrogens is 1. The summed E-state index contributed by atoms with van der Waals surface area (Å²) in [5.41, 5.74) is 1.67. The van der Waals surface area contributed by atoms with Crippen LogP contribution in [0.1, 0.15) is 0 Å². The maximum absolute atomic E-state index is 6.03. The van der Waals surface area contributed by atoms with Gasteiger partial charge in [-0.15, -0.1) is 0 Å². The summed E-state index contributed by atoms with van der Waals surface area (Å²) in [5, 5.41) is 8.03. The number of halogens is 3. The third-order valence-corrected chi connectivity index (χ3v) is 2.96. The Morgan fingerprint density at radius 2 is 2.07 bits per heavy atom. The zero-order chi connectivity index (χ0) is 10.1. The van der Waals surface area contributed by atoms with Crippen molar-refractivity contribution in [2.75, 3.05) is 0 Å². The van der Waals surface area contributed by atoms with E-state index in [2.05, 4.69) is 26.1 Å². The summed E-state index contributed by atoms with van der Waals surface area (Å²) in [4.78, 5) is 0. The highest BCUT2D eigenvalue weighted by Crippen LogP contribution is 2.33. The van der Waals surface area contributed by atoms with Crippen LogP contribution in [0.3, 0.4) is 0 Å². The molecule has 2 nitrogen and oxygen atoms in total. The standard InChI is InChI=1S/C9H5BrCl2N2/c10-7-4-13-14-9(7)6-3-5(11)1-2-8(6)12/h1-4H,(H,13,14). The molecule has 1 aromatic carbocycles. The number of hydrogen-bond acceptors (Lipinski definition) is 1. The van der Waals surface area contributed by atoms with E-state index in [1.165, 1.54) is 0 Å². The first-order chi connectivity index (χ1) is 6.68. The molecule has 2 aromatic rings. The summed E-state index contributed by atoms with van der Waals surface area (Å²) in [6.45, 7) is 0. The Morgan fingerprint density at radius 1 is 1.29 bits per heavy atom. The monoisotopic (exact) mass is 290 g/mol. The molecule has 0 spiro atoms. The summed E-state index contributed by atoms with van der Waals surface area (Å²) in [6.07, 6.45) is 1.67. The van der Waals surface area contributed by atoms with Crippen LogP contribution in [0.15, 0.2) is 28.9 Å². The SMILES string of the molecule is Clc1ccc(Cl)c(-c2[nH]ncc2Br)c1. The number of nitrogens with one attached hydrogen (secondary N) is 1. The number of benzene rings is 1. The Bertz CT molecular complexity index is 468. The molecule has 0 saturated carbocycles. The maximum atomic E-state index is 6.03. The Hall–Kier alpha value is -0.510. The fraction of sp³-hybridized carbons (Fsp3) is 0. The summed E-state index contributed by atoms with van der Waals surface area (Å²) in [6, 6.07) is 5.30. The van der Waals surface area contributed by atoms with Gasteiger partial charge in [-0.1, -0.05) is 23.2 Å². The van der Waals surface area contributed by atoms with Gasteiger partial charge in [-0.2, -0.15) is 5.10 Å². The van der Waals surface area contributed by atoms with Crippen molar-refractivity contribution >= 4 is 39.1 Å². The first-order valence-electron chi connectivity index (χ1n) is 3.83. The van der Waals surface area contributed by atoms with Gasteiger partial charge in [-0.05, 0) is 34.1 Å². The molecule has 0 unspecified atom stereocenters. The summed E-state index contributed by atoms with van der Waals surface area (Å²) < 4.78 is 0.863. The van der Waals surface area contributed by atoms with Gasteiger partial charge in [0.25, 0.3) is 0 Å². The second-order valence-electron chi connectivity index (χ2n) is 2.72. The topological polar surface area (TPSA) is 28.7 Å². The zero-order valence-electron chi connectivity index (χ0n) is 6.89. The lowest BCUT2D eigenvalue weighted by Gasteiger charge is -2.02. The molecular formula is C9H5BrCl2N2. The molecule has 0 bridgehead atoms. The van der Waals surface area contributed by atoms with Gasteiger partial charge in [0.15, 0.2) is 0 Å². The Labute approximate surface area is 99.4 Å². The minimum Gasteiger partial charge on any atom is -0.277 e. The van der Waals surface area contributed by atoms with Crippen molar-refractivity contribution in [1.29, 1.82) is 0 Å². The van der Waals surface area contributed by atoms with E-state index in [-0.39, 0.29) is 0 Å². The van der Waals surface area contributed by atoms with Crippen LogP contribution in [0.2, 0.25) is 10.0 Å². The first kappa shape index (κ1) is 10.0. The molecule has 0 radical (unpaired) electrons. The lowest BCUT2D eigenvalue weighted by molar-refractivity contribution is 1.10. The highest BCUT2D eigenvalue weighted by molar-refractivity contribution is 9.10. The lowest BCUT2D eigenvalue weighted by atomic mass is 10.1. The van der Waals surface area contributed by atoms with Gasteiger partial charge in [0.05, 0.1) is 21.4 Å². The largest absolute Gasteiger partial charge is 0.277 e. The molecule has 1 N–H and O–H groups in total. The summed E-state index contributed by atoms with van der Waals surface area (Å²) in [7, 11) is 0. The molecule has 72 valence electrons. The quantitative estimate of drug-likeness (QED) is 0.840. The number of hydrogen-bond donors (Lipinski definition) is 1. The van der Waals surface area contributed by atoms with Crippen molar-refractivity contribution in [2.45, 2.75) is 0 Å². The van der Waals surface area contributed by atoms with Crippen LogP contribution in [0, 0.1) is 0 Å². The predicted octanol–water partition coefficient (Wildman–Crippen LogP) is 4.15. The van der Waals surface area contributed by atoms with Gasteiger partial charge in [0.1, 0.15) is 0 Å². The van der Waals surface area contributed by atoms with Crippen molar-refractivity contribution in [1.82, 2.24) is 10.2 Å². The molecule has 1 aromatic heterocycles. The van der Waals surface area contributed by atoms with E-state index in [0.29, 0.717) is 10.0 Å². The van der Waals surface area contributed by atoms with Gasteiger partial charge < -0.3 is 0 Å². The molecule has 0 saturated heterocycles. The molecule has 5 heteroatoms.